The lowest BCUT2D eigenvalue weighted by Gasteiger charge is -2.05. The summed E-state index contributed by atoms with van der Waals surface area (Å²) in [6.07, 6.45) is 1.76. The van der Waals surface area contributed by atoms with Crippen LogP contribution in [0.4, 0.5) is 5.82 Å². The minimum absolute atomic E-state index is 0.612. The van der Waals surface area contributed by atoms with E-state index in [-0.39, 0.29) is 0 Å². The summed E-state index contributed by atoms with van der Waals surface area (Å²) < 4.78 is 1.78. The monoisotopic (exact) mass is 317 g/mol. The van der Waals surface area contributed by atoms with Crippen molar-refractivity contribution >= 4 is 46.1 Å². The van der Waals surface area contributed by atoms with Gasteiger partial charge in [0.2, 0.25) is 0 Å². The van der Waals surface area contributed by atoms with Crippen LogP contribution < -0.4 is 0 Å². The maximum absolute atomic E-state index is 6.32. The first kappa shape index (κ1) is 14.1. The smallest absolute Gasteiger partial charge is 0.157 e. The normalized spacial score (nSPS) is 11.6. The van der Waals surface area contributed by atoms with Crippen molar-refractivity contribution in [2.45, 2.75) is 6.92 Å². The van der Waals surface area contributed by atoms with E-state index >= 15 is 0 Å². The Hall–Kier alpha value is -1.84. The molecule has 21 heavy (non-hydrogen) atoms. The van der Waals surface area contributed by atoms with Gasteiger partial charge in [-0.3, -0.25) is 0 Å². The molecule has 3 nitrogen and oxygen atoms in total. The summed E-state index contributed by atoms with van der Waals surface area (Å²) in [6.45, 7) is 1.89. The first-order valence-electron chi connectivity index (χ1n) is 6.51. The van der Waals surface area contributed by atoms with E-state index in [0.717, 1.165) is 27.8 Å². The standard InChI is InChI=1S/C16H13Cl2N3/c1-3-19-16-13-6-4-5-12(15(13)20-21(16)2)11-8-7-10(17)9-14(11)18/h3-9H,1-2H3. The number of rotatable bonds is 2. The number of benzene rings is 2. The Labute approximate surface area is 132 Å². The van der Waals surface area contributed by atoms with Crippen molar-refractivity contribution in [1.82, 2.24) is 9.78 Å². The van der Waals surface area contributed by atoms with Gasteiger partial charge in [-0.15, -0.1) is 0 Å². The van der Waals surface area contributed by atoms with E-state index in [0.29, 0.717) is 10.0 Å². The number of fused-ring (bicyclic) bond motifs is 1. The molecule has 0 saturated heterocycles. The van der Waals surface area contributed by atoms with Crippen molar-refractivity contribution in [2.24, 2.45) is 12.0 Å². The Kier molecular flexibility index (Phi) is 3.70. The molecular weight excluding hydrogens is 305 g/mol. The molecule has 1 aromatic heterocycles. The van der Waals surface area contributed by atoms with Crippen LogP contribution in [0.1, 0.15) is 6.92 Å². The Morgan fingerprint density at radius 3 is 2.67 bits per heavy atom. The highest BCUT2D eigenvalue weighted by Crippen LogP contribution is 2.37. The SMILES string of the molecule is CC=Nc1c2cccc(-c3ccc(Cl)cc3Cl)c2nn1C. The largest absolute Gasteiger partial charge is 0.250 e. The van der Waals surface area contributed by atoms with Crippen molar-refractivity contribution in [3.8, 4) is 11.1 Å². The molecule has 0 saturated carbocycles. The van der Waals surface area contributed by atoms with Crippen molar-refractivity contribution < 1.29 is 0 Å². The molecule has 5 heteroatoms. The van der Waals surface area contributed by atoms with Crippen LogP contribution in [-0.2, 0) is 7.05 Å². The number of hydrogen-bond donors (Lipinski definition) is 0. The summed E-state index contributed by atoms with van der Waals surface area (Å²) in [4.78, 5) is 4.39. The van der Waals surface area contributed by atoms with Crippen LogP contribution in [0.5, 0.6) is 0 Å². The third-order valence-electron chi connectivity index (χ3n) is 3.31. The zero-order chi connectivity index (χ0) is 15.0. The fourth-order valence-corrected chi connectivity index (χ4v) is 2.91. The van der Waals surface area contributed by atoms with Gasteiger partial charge in [0.1, 0.15) is 5.52 Å². The molecule has 0 spiro atoms. The van der Waals surface area contributed by atoms with Gasteiger partial charge in [-0.1, -0.05) is 41.4 Å². The molecule has 2 aromatic carbocycles. The summed E-state index contributed by atoms with van der Waals surface area (Å²) in [5.41, 5.74) is 2.77. The summed E-state index contributed by atoms with van der Waals surface area (Å²) >= 11 is 12.3. The molecule has 0 unspecified atom stereocenters. The van der Waals surface area contributed by atoms with E-state index in [4.69, 9.17) is 23.2 Å². The molecule has 0 bridgehead atoms. The highest BCUT2D eigenvalue weighted by Gasteiger charge is 2.14. The molecule has 3 aromatic rings. The van der Waals surface area contributed by atoms with E-state index in [1.807, 2.05) is 44.3 Å². The first-order chi connectivity index (χ1) is 10.1. The number of nitrogens with zero attached hydrogens (tertiary/aromatic N) is 3. The number of aryl methyl sites for hydroxylation is 1. The lowest BCUT2D eigenvalue weighted by Crippen LogP contribution is -1.89. The minimum Gasteiger partial charge on any atom is -0.250 e. The summed E-state index contributed by atoms with van der Waals surface area (Å²) in [7, 11) is 1.88. The second-order valence-corrected chi connectivity index (χ2v) is 5.50. The molecule has 3 rings (SSSR count). The number of hydrogen-bond acceptors (Lipinski definition) is 2. The van der Waals surface area contributed by atoms with Gasteiger partial charge in [0, 0.05) is 39.8 Å². The Morgan fingerprint density at radius 2 is 1.95 bits per heavy atom. The van der Waals surface area contributed by atoms with Gasteiger partial charge in [-0.05, 0) is 25.1 Å². The topological polar surface area (TPSA) is 30.2 Å². The highest BCUT2D eigenvalue weighted by atomic mass is 35.5. The van der Waals surface area contributed by atoms with E-state index in [1.165, 1.54) is 0 Å². The van der Waals surface area contributed by atoms with E-state index in [2.05, 4.69) is 10.1 Å². The average Bonchev–Trinajstić information content (AvgIpc) is 2.76. The molecule has 0 aliphatic rings. The lowest BCUT2D eigenvalue weighted by molar-refractivity contribution is 0.783. The van der Waals surface area contributed by atoms with Crippen molar-refractivity contribution in [3.05, 3.63) is 46.4 Å². The van der Waals surface area contributed by atoms with E-state index in [9.17, 15) is 0 Å². The zero-order valence-electron chi connectivity index (χ0n) is 11.6. The van der Waals surface area contributed by atoms with Gasteiger partial charge in [0.05, 0.1) is 0 Å². The molecule has 106 valence electrons. The van der Waals surface area contributed by atoms with Crippen LogP contribution in [0.2, 0.25) is 10.0 Å². The molecule has 0 atom stereocenters. The summed E-state index contributed by atoms with van der Waals surface area (Å²) in [5, 5.41) is 6.81. The molecular formula is C16H13Cl2N3. The Balaban J connectivity index is 2.31. The van der Waals surface area contributed by atoms with Crippen molar-refractivity contribution in [3.63, 3.8) is 0 Å². The predicted molar refractivity (Wildman–Crippen MR) is 90.0 cm³/mol. The Morgan fingerprint density at radius 1 is 1.14 bits per heavy atom. The zero-order valence-corrected chi connectivity index (χ0v) is 13.2. The third kappa shape index (κ3) is 2.43. The number of aliphatic imine (C=N–C) groups is 1. The molecule has 0 radical (unpaired) electrons. The third-order valence-corrected chi connectivity index (χ3v) is 3.85. The number of halogens is 2. The van der Waals surface area contributed by atoms with Crippen LogP contribution in [0.3, 0.4) is 0 Å². The van der Waals surface area contributed by atoms with Gasteiger partial charge < -0.3 is 0 Å². The van der Waals surface area contributed by atoms with Crippen LogP contribution in [0, 0.1) is 0 Å². The second-order valence-electron chi connectivity index (χ2n) is 4.66. The lowest BCUT2D eigenvalue weighted by atomic mass is 10.0. The summed E-state index contributed by atoms with van der Waals surface area (Å²) in [6, 6.07) is 11.5. The van der Waals surface area contributed by atoms with Gasteiger partial charge in [-0.25, -0.2) is 9.67 Å². The fraction of sp³-hybridized carbons (Fsp3) is 0.125. The van der Waals surface area contributed by atoms with Crippen LogP contribution in [0.25, 0.3) is 22.0 Å². The molecule has 0 fully saturated rings. The molecule has 0 amide bonds. The van der Waals surface area contributed by atoms with Crippen LogP contribution in [-0.4, -0.2) is 16.0 Å². The predicted octanol–water partition coefficient (Wildman–Crippen LogP) is 5.27. The van der Waals surface area contributed by atoms with Gasteiger partial charge in [0.15, 0.2) is 5.82 Å². The van der Waals surface area contributed by atoms with Gasteiger partial charge in [-0.2, -0.15) is 5.10 Å². The summed E-state index contributed by atoms with van der Waals surface area (Å²) in [5.74, 6) is 0.833. The second kappa shape index (κ2) is 5.51. The average molecular weight is 318 g/mol. The Bertz CT molecular complexity index is 850. The minimum atomic E-state index is 0.612. The van der Waals surface area contributed by atoms with E-state index < -0.39 is 0 Å². The van der Waals surface area contributed by atoms with Crippen molar-refractivity contribution in [1.29, 1.82) is 0 Å². The molecule has 0 aliphatic carbocycles. The quantitative estimate of drug-likeness (QED) is 0.592. The van der Waals surface area contributed by atoms with E-state index in [1.54, 1.807) is 17.0 Å². The van der Waals surface area contributed by atoms with Gasteiger partial charge in [0.25, 0.3) is 0 Å². The maximum Gasteiger partial charge on any atom is 0.157 e. The molecule has 1 heterocycles. The van der Waals surface area contributed by atoms with Gasteiger partial charge >= 0.3 is 0 Å². The highest BCUT2D eigenvalue weighted by molar-refractivity contribution is 6.36. The molecule has 0 aliphatic heterocycles. The van der Waals surface area contributed by atoms with Crippen molar-refractivity contribution in [2.75, 3.05) is 0 Å². The fourth-order valence-electron chi connectivity index (χ4n) is 2.40. The van der Waals surface area contributed by atoms with Crippen LogP contribution >= 0.6 is 23.2 Å². The maximum atomic E-state index is 6.32. The molecule has 0 N–H and O–H groups in total. The number of aromatic nitrogens is 2. The van der Waals surface area contributed by atoms with Crippen LogP contribution in [0.15, 0.2) is 41.4 Å². The first-order valence-corrected chi connectivity index (χ1v) is 7.27.